The van der Waals surface area contributed by atoms with Gasteiger partial charge in [-0.15, -0.1) is 0 Å². The molecule has 0 radical (unpaired) electrons. The Kier molecular flexibility index (Phi) is 3.98. The summed E-state index contributed by atoms with van der Waals surface area (Å²) in [7, 11) is 0. The summed E-state index contributed by atoms with van der Waals surface area (Å²) < 4.78 is 5.24. The highest BCUT2D eigenvalue weighted by Crippen LogP contribution is 2.49. The number of furan rings is 1. The fourth-order valence-electron chi connectivity index (χ4n) is 4.36. The molecule has 0 aromatic carbocycles. The minimum absolute atomic E-state index is 0.120. The molecular formula is C17H23NO4. The average Bonchev–Trinajstić information content (AvgIpc) is 3.13. The van der Waals surface area contributed by atoms with E-state index in [4.69, 9.17) is 9.52 Å². The van der Waals surface area contributed by atoms with Crippen molar-refractivity contribution in [3.05, 3.63) is 23.2 Å². The summed E-state index contributed by atoms with van der Waals surface area (Å²) in [5.74, 6) is 1.17. The molecule has 0 aliphatic heterocycles. The summed E-state index contributed by atoms with van der Waals surface area (Å²) in [5, 5.41) is 12.0. The Balaban J connectivity index is 1.69. The molecule has 2 saturated carbocycles. The monoisotopic (exact) mass is 305 g/mol. The van der Waals surface area contributed by atoms with E-state index in [1.165, 1.54) is 31.9 Å². The van der Waals surface area contributed by atoms with Crippen LogP contribution in [0.2, 0.25) is 0 Å². The minimum atomic E-state index is -0.996. The van der Waals surface area contributed by atoms with E-state index in [2.05, 4.69) is 12.2 Å². The molecule has 1 heterocycles. The Morgan fingerprint density at radius 3 is 2.77 bits per heavy atom. The second kappa shape index (κ2) is 5.78. The van der Waals surface area contributed by atoms with E-state index in [1.54, 1.807) is 6.92 Å². The Morgan fingerprint density at radius 1 is 1.41 bits per heavy atom. The van der Waals surface area contributed by atoms with Gasteiger partial charge in [-0.1, -0.05) is 6.42 Å². The van der Waals surface area contributed by atoms with Gasteiger partial charge in [0.15, 0.2) is 0 Å². The topological polar surface area (TPSA) is 79.5 Å². The molecule has 2 bridgehead atoms. The van der Waals surface area contributed by atoms with Crippen LogP contribution in [0.5, 0.6) is 0 Å². The number of carbonyl (C=O) groups excluding carboxylic acids is 1. The summed E-state index contributed by atoms with van der Waals surface area (Å²) in [4.78, 5) is 23.4. The van der Waals surface area contributed by atoms with Gasteiger partial charge >= 0.3 is 5.97 Å². The van der Waals surface area contributed by atoms with Crippen LogP contribution in [0.15, 0.2) is 10.7 Å². The van der Waals surface area contributed by atoms with Gasteiger partial charge in [0.05, 0.1) is 11.8 Å². The highest BCUT2D eigenvalue weighted by molar-refractivity contribution is 5.97. The van der Waals surface area contributed by atoms with Crippen LogP contribution in [0.25, 0.3) is 0 Å². The summed E-state index contributed by atoms with van der Waals surface area (Å²) in [6.07, 6.45) is 6.32. The van der Waals surface area contributed by atoms with Crippen LogP contribution in [0.3, 0.4) is 0 Å². The normalized spacial score (nSPS) is 27.8. The summed E-state index contributed by atoms with van der Waals surface area (Å²) >= 11 is 0. The van der Waals surface area contributed by atoms with Crippen LogP contribution in [0, 0.1) is 24.7 Å². The van der Waals surface area contributed by atoms with E-state index in [9.17, 15) is 9.59 Å². The number of carboxylic acid groups (broad SMARTS) is 1. The predicted octanol–water partition coefficient (Wildman–Crippen LogP) is 2.77. The van der Waals surface area contributed by atoms with Crippen molar-refractivity contribution in [2.75, 3.05) is 0 Å². The van der Waals surface area contributed by atoms with E-state index in [-0.39, 0.29) is 24.1 Å². The SMILES string of the molecule is Cc1coc(CC(=O)O)c1C(=O)NC(C)C1CC2CCC1C2. The lowest BCUT2D eigenvalue weighted by atomic mass is 9.84. The Bertz CT molecular complexity index is 591. The molecular weight excluding hydrogens is 282 g/mol. The molecule has 0 spiro atoms. The zero-order chi connectivity index (χ0) is 15.9. The van der Waals surface area contributed by atoms with Crippen LogP contribution >= 0.6 is 0 Å². The van der Waals surface area contributed by atoms with Gasteiger partial charge < -0.3 is 14.8 Å². The van der Waals surface area contributed by atoms with E-state index in [0.717, 1.165) is 11.8 Å². The van der Waals surface area contributed by atoms with Crippen LogP contribution in [-0.2, 0) is 11.2 Å². The number of aryl methyl sites for hydroxylation is 1. The van der Waals surface area contributed by atoms with E-state index in [0.29, 0.717) is 17.0 Å². The maximum absolute atomic E-state index is 12.5. The highest BCUT2D eigenvalue weighted by atomic mass is 16.4. The van der Waals surface area contributed by atoms with Crippen LogP contribution in [0.4, 0.5) is 0 Å². The third kappa shape index (κ3) is 2.76. The third-order valence-electron chi connectivity index (χ3n) is 5.38. The molecule has 2 N–H and O–H groups in total. The number of carbonyl (C=O) groups is 2. The van der Waals surface area contributed by atoms with Crippen molar-refractivity contribution in [3.63, 3.8) is 0 Å². The number of fused-ring (bicyclic) bond motifs is 2. The van der Waals surface area contributed by atoms with Crippen molar-refractivity contribution in [2.24, 2.45) is 17.8 Å². The lowest BCUT2D eigenvalue weighted by Gasteiger charge is -2.28. The molecule has 1 amide bonds. The van der Waals surface area contributed by atoms with Gasteiger partial charge in [-0.2, -0.15) is 0 Å². The molecule has 1 aromatic heterocycles. The van der Waals surface area contributed by atoms with Gasteiger partial charge in [0, 0.05) is 11.6 Å². The van der Waals surface area contributed by atoms with E-state index >= 15 is 0 Å². The van der Waals surface area contributed by atoms with Crippen LogP contribution < -0.4 is 5.32 Å². The van der Waals surface area contributed by atoms with Gasteiger partial charge in [0.1, 0.15) is 12.2 Å². The maximum atomic E-state index is 12.5. The molecule has 120 valence electrons. The Labute approximate surface area is 130 Å². The van der Waals surface area contributed by atoms with Crippen molar-refractivity contribution < 1.29 is 19.1 Å². The molecule has 22 heavy (non-hydrogen) atoms. The average molecular weight is 305 g/mol. The van der Waals surface area contributed by atoms with Crippen LogP contribution in [0.1, 0.15) is 54.3 Å². The van der Waals surface area contributed by atoms with Crippen molar-refractivity contribution in [1.29, 1.82) is 0 Å². The number of aliphatic carboxylic acids is 1. The van der Waals surface area contributed by atoms with Crippen molar-refractivity contribution in [1.82, 2.24) is 5.32 Å². The first-order chi connectivity index (χ1) is 10.5. The standard InChI is InChI=1S/C17H23NO4/c1-9-8-22-14(7-15(19)20)16(9)17(21)18-10(2)13-6-11-3-4-12(13)5-11/h8,10-13H,3-7H2,1-2H3,(H,18,21)(H,19,20). The molecule has 4 unspecified atom stereocenters. The third-order valence-corrected chi connectivity index (χ3v) is 5.38. The minimum Gasteiger partial charge on any atom is -0.481 e. The van der Waals surface area contributed by atoms with Gasteiger partial charge in [-0.25, -0.2) is 0 Å². The lowest BCUT2D eigenvalue weighted by molar-refractivity contribution is -0.136. The Morgan fingerprint density at radius 2 is 2.18 bits per heavy atom. The maximum Gasteiger partial charge on any atom is 0.311 e. The van der Waals surface area contributed by atoms with Gasteiger partial charge in [0.25, 0.3) is 5.91 Å². The van der Waals surface area contributed by atoms with Crippen LogP contribution in [-0.4, -0.2) is 23.0 Å². The zero-order valence-corrected chi connectivity index (χ0v) is 13.1. The van der Waals surface area contributed by atoms with Gasteiger partial charge in [-0.05, 0) is 50.9 Å². The first-order valence-electron chi connectivity index (χ1n) is 8.05. The number of nitrogens with one attached hydrogen (secondary N) is 1. The molecule has 1 aromatic rings. The quantitative estimate of drug-likeness (QED) is 0.876. The fraction of sp³-hybridized carbons (Fsp3) is 0.647. The summed E-state index contributed by atoms with van der Waals surface area (Å²) in [5.41, 5.74) is 1.08. The second-order valence-corrected chi connectivity index (χ2v) is 6.89. The highest BCUT2D eigenvalue weighted by Gasteiger charge is 2.42. The molecule has 5 nitrogen and oxygen atoms in total. The number of hydrogen-bond donors (Lipinski definition) is 2. The fourth-order valence-corrected chi connectivity index (χ4v) is 4.36. The number of rotatable bonds is 5. The largest absolute Gasteiger partial charge is 0.481 e. The first-order valence-corrected chi connectivity index (χ1v) is 8.05. The molecule has 2 aliphatic carbocycles. The van der Waals surface area contributed by atoms with Crippen molar-refractivity contribution in [2.45, 2.75) is 52.0 Å². The molecule has 5 heteroatoms. The van der Waals surface area contributed by atoms with Crippen molar-refractivity contribution in [3.8, 4) is 0 Å². The number of carboxylic acids is 1. The van der Waals surface area contributed by atoms with E-state index in [1.807, 2.05) is 0 Å². The Hall–Kier alpha value is -1.78. The molecule has 4 atom stereocenters. The second-order valence-electron chi connectivity index (χ2n) is 6.89. The number of amides is 1. The van der Waals surface area contributed by atoms with Crippen molar-refractivity contribution >= 4 is 11.9 Å². The van der Waals surface area contributed by atoms with Gasteiger partial charge in [-0.3, -0.25) is 9.59 Å². The summed E-state index contributed by atoms with van der Waals surface area (Å²) in [6.45, 7) is 3.83. The summed E-state index contributed by atoms with van der Waals surface area (Å²) in [6, 6.07) is 0.120. The molecule has 3 rings (SSSR count). The molecule has 0 saturated heterocycles. The molecule has 2 fully saturated rings. The number of hydrogen-bond acceptors (Lipinski definition) is 3. The zero-order valence-electron chi connectivity index (χ0n) is 13.1. The first kappa shape index (κ1) is 15.1. The van der Waals surface area contributed by atoms with Gasteiger partial charge in [0.2, 0.25) is 0 Å². The smallest absolute Gasteiger partial charge is 0.311 e. The lowest BCUT2D eigenvalue weighted by Crippen LogP contribution is -2.40. The molecule has 2 aliphatic rings. The van der Waals surface area contributed by atoms with E-state index < -0.39 is 5.97 Å². The predicted molar refractivity (Wildman–Crippen MR) is 80.7 cm³/mol.